The molecule has 2 aromatic rings. The van der Waals surface area contributed by atoms with Gasteiger partial charge in [0.15, 0.2) is 0 Å². The van der Waals surface area contributed by atoms with Crippen LogP contribution in [0, 0.1) is 0 Å². The normalized spacial score (nSPS) is 12.6. The molecule has 0 N–H and O–H groups in total. The minimum atomic E-state index is -2.28. The number of hydrogen-bond donors (Lipinski definition) is 0. The summed E-state index contributed by atoms with van der Waals surface area (Å²) >= 11 is 0. The van der Waals surface area contributed by atoms with Crippen molar-refractivity contribution in [3.63, 3.8) is 0 Å². The molecule has 26 heavy (non-hydrogen) atoms. The number of carbonyl (C=O) groups excluding carboxylic acids is 3. The number of esters is 1. The zero-order valence-corrected chi connectivity index (χ0v) is 13.8. The van der Waals surface area contributed by atoms with E-state index in [0.717, 1.165) is 0 Å². The van der Waals surface area contributed by atoms with Crippen LogP contribution in [0.4, 0.5) is 0 Å². The first kappa shape index (κ1) is 18.9. The largest absolute Gasteiger partial charge is 0.549 e. The highest BCUT2D eigenvalue weighted by molar-refractivity contribution is 6.01. The highest BCUT2D eigenvalue weighted by atomic mass is 16.5. The van der Waals surface area contributed by atoms with Crippen molar-refractivity contribution >= 4 is 17.9 Å². The van der Waals surface area contributed by atoms with Gasteiger partial charge in [-0.3, -0.25) is 4.79 Å². The fourth-order valence-corrected chi connectivity index (χ4v) is 2.60. The number of aliphatic carboxylic acids is 2. The van der Waals surface area contributed by atoms with Gasteiger partial charge in [-0.2, -0.15) is 0 Å². The molecule has 0 fully saturated rings. The van der Waals surface area contributed by atoms with Crippen molar-refractivity contribution in [1.29, 1.82) is 0 Å². The summed E-state index contributed by atoms with van der Waals surface area (Å²) in [7, 11) is 0. The lowest BCUT2D eigenvalue weighted by Gasteiger charge is -2.37. The molecule has 0 heterocycles. The van der Waals surface area contributed by atoms with Gasteiger partial charge >= 0.3 is 5.97 Å². The summed E-state index contributed by atoms with van der Waals surface area (Å²) in [4.78, 5) is 35.5. The quantitative estimate of drug-likeness (QED) is 0.493. The second kappa shape index (κ2) is 8.11. The number of ether oxygens (including phenoxy) is 1. The van der Waals surface area contributed by atoms with Crippen LogP contribution in [0.2, 0.25) is 0 Å². The molecule has 2 aromatic carbocycles. The molecule has 0 spiro atoms. The average Bonchev–Trinajstić information content (AvgIpc) is 2.65. The smallest absolute Gasteiger partial charge is 0.307 e. The molecule has 6 heteroatoms. The van der Waals surface area contributed by atoms with Crippen LogP contribution < -0.4 is 10.2 Å². The maximum absolute atomic E-state index is 12.3. The monoisotopic (exact) mass is 352 g/mol. The van der Waals surface area contributed by atoms with E-state index in [1.807, 2.05) is 0 Å². The van der Waals surface area contributed by atoms with Gasteiger partial charge in [0.25, 0.3) is 0 Å². The zero-order chi connectivity index (χ0) is 19.2. The van der Waals surface area contributed by atoms with Crippen LogP contribution in [0.25, 0.3) is 0 Å². The lowest BCUT2D eigenvalue weighted by Crippen LogP contribution is -2.52. The van der Waals surface area contributed by atoms with E-state index in [-0.39, 0.29) is 12.2 Å². The molecule has 0 bridgehead atoms. The van der Waals surface area contributed by atoms with Gasteiger partial charge in [0.1, 0.15) is 6.61 Å². The Kier molecular flexibility index (Phi) is 5.90. The molecule has 0 aliphatic rings. The number of carboxylic acid groups (broad SMARTS) is 2. The predicted octanol–water partition coefficient (Wildman–Crippen LogP) is 0.114. The fraction of sp³-hybridized carbons (Fsp3) is 0.150. The van der Waals surface area contributed by atoms with Gasteiger partial charge in [-0.1, -0.05) is 67.2 Å². The van der Waals surface area contributed by atoms with Crippen LogP contribution in [-0.2, 0) is 31.1 Å². The Morgan fingerprint density at radius 1 is 0.923 bits per heavy atom. The van der Waals surface area contributed by atoms with E-state index in [4.69, 9.17) is 4.74 Å². The van der Waals surface area contributed by atoms with Crippen molar-refractivity contribution in [2.75, 3.05) is 0 Å². The van der Waals surface area contributed by atoms with E-state index < -0.39 is 35.3 Å². The van der Waals surface area contributed by atoms with Crippen molar-refractivity contribution in [3.8, 4) is 0 Å². The number of hydrogen-bond acceptors (Lipinski definition) is 6. The van der Waals surface area contributed by atoms with E-state index in [0.29, 0.717) is 5.56 Å². The van der Waals surface area contributed by atoms with Gasteiger partial charge in [0.2, 0.25) is 0 Å². The standard InChI is InChI=1S/C20H18O6/c1-14(18(22)23)20(19(24)25,16-10-6-3-7-11-16)12-17(21)26-13-15-8-4-2-5-9-15/h2-11H,1,12-13H2,(H,22,23)(H,24,25)/p-2. The van der Waals surface area contributed by atoms with E-state index in [9.17, 15) is 24.6 Å². The topological polar surface area (TPSA) is 107 Å². The van der Waals surface area contributed by atoms with E-state index in [1.165, 1.54) is 24.3 Å². The molecule has 0 aliphatic carbocycles. The van der Waals surface area contributed by atoms with Gasteiger partial charge in [-0.05, 0) is 16.7 Å². The maximum Gasteiger partial charge on any atom is 0.307 e. The second-order valence-electron chi connectivity index (χ2n) is 5.65. The van der Waals surface area contributed by atoms with Crippen molar-refractivity contribution in [3.05, 3.63) is 83.9 Å². The van der Waals surface area contributed by atoms with Crippen LogP contribution in [-0.4, -0.2) is 17.9 Å². The Balaban J connectivity index is 2.31. The molecule has 0 aromatic heterocycles. The number of carbonyl (C=O) groups is 3. The molecule has 2 rings (SSSR count). The highest BCUT2D eigenvalue weighted by Crippen LogP contribution is 2.35. The third kappa shape index (κ3) is 3.97. The van der Waals surface area contributed by atoms with Crippen molar-refractivity contribution in [2.45, 2.75) is 18.4 Å². The van der Waals surface area contributed by atoms with Crippen molar-refractivity contribution < 1.29 is 29.3 Å². The third-order valence-electron chi connectivity index (χ3n) is 4.03. The van der Waals surface area contributed by atoms with E-state index in [1.54, 1.807) is 36.4 Å². The SMILES string of the molecule is C=C(C(=O)[O-])C(CC(=O)OCc1ccccc1)(C(=O)[O-])c1ccccc1. The number of benzene rings is 2. The Morgan fingerprint density at radius 3 is 1.96 bits per heavy atom. The molecule has 0 saturated heterocycles. The summed E-state index contributed by atoms with van der Waals surface area (Å²) in [5.41, 5.74) is -2.31. The van der Waals surface area contributed by atoms with Crippen LogP contribution in [0.5, 0.6) is 0 Å². The summed E-state index contributed by atoms with van der Waals surface area (Å²) in [5.74, 6) is -4.45. The van der Waals surface area contributed by atoms with Gasteiger partial charge < -0.3 is 24.5 Å². The van der Waals surface area contributed by atoms with Crippen molar-refractivity contribution in [1.82, 2.24) is 0 Å². The minimum absolute atomic E-state index is 0.0471. The number of carboxylic acids is 2. The first-order valence-electron chi connectivity index (χ1n) is 7.75. The molecule has 0 radical (unpaired) electrons. The van der Waals surface area contributed by atoms with Gasteiger partial charge in [0.05, 0.1) is 23.8 Å². The molecule has 6 nitrogen and oxygen atoms in total. The van der Waals surface area contributed by atoms with E-state index >= 15 is 0 Å². The Bertz CT molecular complexity index is 813. The van der Waals surface area contributed by atoms with Crippen LogP contribution in [0.15, 0.2) is 72.8 Å². The Labute approximate surface area is 150 Å². The molecule has 134 valence electrons. The summed E-state index contributed by atoms with van der Waals surface area (Å²) in [5, 5.41) is 23.2. The molecular formula is C20H16O6-2. The molecule has 0 saturated carbocycles. The Hall–Kier alpha value is -3.41. The van der Waals surface area contributed by atoms with Crippen LogP contribution >= 0.6 is 0 Å². The van der Waals surface area contributed by atoms with Gasteiger partial charge in [-0.25, -0.2) is 0 Å². The lowest BCUT2D eigenvalue weighted by atomic mass is 9.72. The molecular weight excluding hydrogens is 336 g/mol. The highest BCUT2D eigenvalue weighted by Gasteiger charge is 2.40. The van der Waals surface area contributed by atoms with Crippen molar-refractivity contribution in [2.24, 2.45) is 0 Å². The van der Waals surface area contributed by atoms with Gasteiger partial charge in [-0.15, -0.1) is 0 Å². The molecule has 1 unspecified atom stereocenters. The zero-order valence-electron chi connectivity index (χ0n) is 13.8. The first-order chi connectivity index (χ1) is 12.4. The predicted molar refractivity (Wildman–Crippen MR) is 88.1 cm³/mol. The third-order valence-corrected chi connectivity index (χ3v) is 4.03. The maximum atomic E-state index is 12.3. The summed E-state index contributed by atoms with van der Waals surface area (Å²) in [6.45, 7) is 3.23. The van der Waals surface area contributed by atoms with Crippen LogP contribution in [0.1, 0.15) is 17.5 Å². The summed E-state index contributed by atoms with van der Waals surface area (Å²) < 4.78 is 5.10. The second-order valence-corrected chi connectivity index (χ2v) is 5.65. The summed E-state index contributed by atoms with van der Waals surface area (Å²) in [6, 6.07) is 16.2. The summed E-state index contributed by atoms with van der Waals surface area (Å²) in [6.07, 6.45) is -0.779. The van der Waals surface area contributed by atoms with E-state index in [2.05, 4.69) is 6.58 Å². The molecule has 1 atom stereocenters. The molecule has 0 amide bonds. The average molecular weight is 352 g/mol. The number of rotatable bonds is 8. The lowest BCUT2D eigenvalue weighted by molar-refractivity contribution is -0.317. The minimum Gasteiger partial charge on any atom is -0.549 e. The van der Waals surface area contributed by atoms with Gasteiger partial charge in [0, 0.05) is 0 Å². The Morgan fingerprint density at radius 2 is 1.46 bits per heavy atom. The molecule has 0 aliphatic heterocycles. The van der Waals surface area contributed by atoms with Crippen LogP contribution in [0.3, 0.4) is 0 Å². The fourth-order valence-electron chi connectivity index (χ4n) is 2.60. The first-order valence-corrected chi connectivity index (χ1v) is 7.75.